The van der Waals surface area contributed by atoms with Crippen LogP contribution in [0.1, 0.15) is 37.4 Å². The van der Waals surface area contributed by atoms with Crippen LogP contribution in [0.3, 0.4) is 0 Å². The van der Waals surface area contributed by atoms with E-state index in [1.807, 2.05) is 15.7 Å². The van der Waals surface area contributed by atoms with Crippen molar-refractivity contribution in [1.29, 1.82) is 0 Å². The highest BCUT2D eigenvalue weighted by molar-refractivity contribution is 5.76. The summed E-state index contributed by atoms with van der Waals surface area (Å²) in [7, 11) is 0. The summed E-state index contributed by atoms with van der Waals surface area (Å²) in [5.74, 6) is 0.211. The summed E-state index contributed by atoms with van der Waals surface area (Å²) < 4.78 is 2.00. The molecule has 3 rings (SSSR count). The van der Waals surface area contributed by atoms with E-state index in [9.17, 15) is 4.79 Å². The zero-order valence-corrected chi connectivity index (χ0v) is 11.9. The molecule has 0 N–H and O–H groups in total. The first-order valence-corrected chi connectivity index (χ1v) is 7.36. The van der Waals surface area contributed by atoms with Crippen LogP contribution in [0.2, 0.25) is 0 Å². The van der Waals surface area contributed by atoms with E-state index in [-0.39, 0.29) is 11.9 Å². The molecule has 1 saturated heterocycles. The molecule has 0 saturated carbocycles. The smallest absolute Gasteiger partial charge is 0.223 e. The first-order chi connectivity index (χ1) is 10.3. The Morgan fingerprint density at radius 1 is 1.29 bits per heavy atom. The predicted octanol–water partition coefficient (Wildman–Crippen LogP) is 1.82. The van der Waals surface area contributed by atoms with Crippen molar-refractivity contribution >= 4 is 5.91 Å². The number of hydrogen-bond acceptors (Lipinski definition) is 4. The quantitative estimate of drug-likeness (QED) is 0.840. The number of amides is 1. The van der Waals surface area contributed by atoms with Crippen molar-refractivity contribution in [2.24, 2.45) is 0 Å². The molecule has 0 bridgehead atoms. The van der Waals surface area contributed by atoms with Crippen molar-refractivity contribution in [2.45, 2.75) is 38.3 Å². The third kappa shape index (κ3) is 3.26. The summed E-state index contributed by atoms with van der Waals surface area (Å²) >= 11 is 0. The van der Waals surface area contributed by atoms with Gasteiger partial charge in [-0.15, -0.1) is 0 Å². The summed E-state index contributed by atoms with van der Waals surface area (Å²) in [4.78, 5) is 26.8. The Bertz CT molecular complexity index is 569. The van der Waals surface area contributed by atoms with Gasteiger partial charge >= 0.3 is 0 Å². The van der Waals surface area contributed by atoms with Gasteiger partial charge in [0.25, 0.3) is 0 Å². The van der Waals surface area contributed by atoms with Crippen molar-refractivity contribution in [3.8, 4) is 0 Å². The summed E-state index contributed by atoms with van der Waals surface area (Å²) in [6.45, 7) is 1.65. The molecule has 1 aliphatic rings. The van der Waals surface area contributed by atoms with Gasteiger partial charge in [-0.25, -0.2) is 4.98 Å². The number of rotatable bonds is 5. The number of carbonyl (C=O) groups excluding carboxylic acids is 1. The van der Waals surface area contributed by atoms with E-state index in [0.29, 0.717) is 6.42 Å². The minimum atomic E-state index is 0.0967. The van der Waals surface area contributed by atoms with Crippen LogP contribution in [0, 0.1) is 0 Å². The van der Waals surface area contributed by atoms with Crippen molar-refractivity contribution in [3.63, 3.8) is 0 Å². The highest BCUT2D eigenvalue weighted by Gasteiger charge is 2.30. The molecule has 2 aromatic rings. The molecule has 1 amide bonds. The van der Waals surface area contributed by atoms with E-state index in [0.717, 1.165) is 38.0 Å². The van der Waals surface area contributed by atoms with Gasteiger partial charge in [0.15, 0.2) is 0 Å². The third-order valence-electron chi connectivity index (χ3n) is 3.86. The Kier molecular flexibility index (Phi) is 4.23. The number of nitrogens with zero attached hydrogens (tertiary/aromatic N) is 5. The van der Waals surface area contributed by atoms with Crippen molar-refractivity contribution < 1.29 is 4.79 Å². The summed E-state index contributed by atoms with van der Waals surface area (Å²) in [5.41, 5.74) is 0.901. The van der Waals surface area contributed by atoms with Crippen LogP contribution in [0.5, 0.6) is 0 Å². The topological polar surface area (TPSA) is 63.9 Å². The molecule has 0 spiro atoms. The number of hydrogen-bond donors (Lipinski definition) is 0. The summed E-state index contributed by atoms with van der Waals surface area (Å²) in [6.07, 6.45) is 14.0. The van der Waals surface area contributed by atoms with Gasteiger partial charge in [0.05, 0.1) is 24.3 Å². The highest BCUT2D eigenvalue weighted by Crippen LogP contribution is 2.30. The van der Waals surface area contributed by atoms with Crippen LogP contribution in [-0.2, 0) is 11.3 Å². The van der Waals surface area contributed by atoms with Crippen LogP contribution >= 0.6 is 0 Å². The molecule has 21 heavy (non-hydrogen) atoms. The average molecular weight is 285 g/mol. The minimum absolute atomic E-state index is 0.0967. The second-order valence-electron chi connectivity index (χ2n) is 5.28. The lowest BCUT2D eigenvalue weighted by Gasteiger charge is -2.24. The lowest BCUT2D eigenvalue weighted by Crippen LogP contribution is -2.31. The summed E-state index contributed by atoms with van der Waals surface area (Å²) in [6, 6.07) is 0.0967. The van der Waals surface area contributed by atoms with Gasteiger partial charge < -0.3 is 9.47 Å². The van der Waals surface area contributed by atoms with E-state index in [1.54, 1.807) is 31.1 Å². The van der Waals surface area contributed by atoms with Gasteiger partial charge in [-0.05, 0) is 19.3 Å². The van der Waals surface area contributed by atoms with Crippen molar-refractivity contribution in [3.05, 3.63) is 43.0 Å². The highest BCUT2D eigenvalue weighted by atomic mass is 16.2. The first kappa shape index (κ1) is 13.7. The largest absolute Gasteiger partial charge is 0.337 e. The van der Waals surface area contributed by atoms with E-state index in [2.05, 4.69) is 15.0 Å². The number of imidazole rings is 1. The van der Waals surface area contributed by atoms with Gasteiger partial charge in [-0.1, -0.05) is 0 Å². The second kappa shape index (κ2) is 6.47. The fourth-order valence-electron chi connectivity index (χ4n) is 2.83. The maximum Gasteiger partial charge on any atom is 0.223 e. The lowest BCUT2D eigenvalue weighted by molar-refractivity contribution is -0.132. The van der Waals surface area contributed by atoms with Gasteiger partial charge in [0.2, 0.25) is 5.91 Å². The Labute approximate surface area is 123 Å². The van der Waals surface area contributed by atoms with E-state index in [1.165, 1.54) is 0 Å². The summed E-state index contributed by atoms with van der Waals surface area (Å²) in [5, 5.41) is 0. The normalized spacial score (nSPS) is 18.1. The van der Waals surface area contributed by atoms with Crippen LogP contribution in [0.4, 0.5) is 0 Å². The SMILES string of the molecule is O=C(CCCn1ccnc1)N1CCCC1c1cnccn1. The van der Waals surface area contributed by atoms with Gasteiger partial charge in [-0.2, -0.15) is 0 Å². The Hall–Kier alpha value is -2.24. The van der Waals surface area contributed by atoms with Crippen LogP contribution in [0.15, 0.2) is 37.3 Å². The van der Waals surface area contributed by atoms with Gasteiger partial charge in [0.1, 0.15) is 0 Å². The maximum atomic E-state index is 12.4. The molecule has 2 aromatic heterocycles. The van der Waals surface area contributed by atoms with Crippen LogP contribution < -0.4 is 0 Å². The van der Waals surface area contributed by atoms with Crippen molar-refractivity contribution in [1.82, 2.24) is 24.4 Å². The monoisotopic (exact) mass is 285 g/mol. The lowest BCUT2D eigenvalue weighted by atomic mass is 10.1. The second-order valence-corrected chi connectivity index (χ2v) is 5.28. The zero-order valence-electron chi connectivity index (χ0n) is 11.9. The molecule has 6 heteroatoms. The first-order valence-electron chi connectivity index (χ1n) is 7.36. The Morgan fingerprint density at radius 2 is 2.24 bits per heavy atom. The van der Waals surface area contributed by atoms with Gasteiger partial charge in [0, 0.05) is 44.3 Å². The Morgan fingerprint density at radius 3 is 3.00 bits per heavy atom. The van der Waals surface area contributed by atoms with E-state index < -0.39 is 0 Å². The molecule has 0 aliphatic carbocycles. The zero-order chi connectivity index (χ0) is 14.5. The van der Waals surface area contributed by atoms with E-state index >= 15 is 0 Å². The maximum absolute atomic E-state index is 12.4. The molecule has 0 radical (unpaired) electrons. The average Bonchev–Trinajstić information content (AvgIpc) is 3.19. The van der Waals surface area contributed by atoms with Crippen LogP contribution in [0.25, 0.3) is 0 Å². The Balaban J connectivity index is 1.56. The number of aromatic nitrogens is 4. The molecule has 1 aliphatic heterocycles. The fourth-order valence-corrected chi connectivity index (χ4v) is 2.83. The minimum Gasteiger partial charge on any atom is -0.337 e. The number of likely N-dealkylation sites (tertiary alicyclic amines) is 1. The molecule has 110 valence electrons. The predicted molar refractivity (Wildman–Crippen MR) is 77.2 cm³/mol. The van der Waals surface area contributed by atoms with Gasteiger partial charge in [-0.3, -0.25) is 14.8 Å². The standard InChI is InChI=1S/C15H19N5O/c21-15(4-2-8-19-10-7-17-12-19)20-9-1-3-14(20)13-11-16-5-6-18-13/h5-7,10-12,14H,1-4,8-9H2. The molecule has 3 heterocycles. The molecule has 6 nitrogen and oxygen atoms in total. The number of aryl methyl sites for hydroxylation is 1. The van der Waals surface area contributed by atoms with E-state index in [4.69, 9.17) is 0 Å². The molecule has 1 fully saturated rings. The molecular weight excluding hydrogens is 266 g/mol. The third-order valence-corrected chi connectivity index (χ3v) is 3.86. The fraction of sp³-hybridized carbons (Fsp3) is 0.467. The van der Waals surface area contributed by atoms with Crippen molar-refractivity contribution in [2.75, 3.05) is 6.54 Å². The molecule has 1 atom stereocenters. The van der Waals surface area contributed by atoms with Crippen LogP contribution in [-0.4, -0.2) is 36.9 Å². The molecular formula is C15H19N5O. The molecule has 1 unspecified atom stereocenters. The number of carbonyl (C=O) groups is 1. The molecule has 0 aromatic carbocycles.